The molecule has 0 aromatic heterocycles. The summed E-state index contributed by atoms with van der Waals surface area (Å²) < 4.78 is 11.9. The Kier molecular flexibility index (Phi) is 8.22. The van der Waals surface area contributed by atoms with E-state index in [4.69, 9.17) is 14.6 Å². The van der Waals surface area contributed by atoms with E-state index in [1.165, 1.54) is 0 Å². The zero-order chi connectivity index (χ0) is 12.6. The molecular weight excluding hydrogens is 220 g/mol. The van der Waals surface area contributed by atoms with Crippen LogP contribution in [0.4, 0.5) is 0 Å². The highest BCUT2D eigenvalue weighted by Crippen LogP contribution is 2.20. The van der Waals surface area contributed by atoms with Gasteiger partial charge < -0.3 is 14.6 Å². The molecule has 3 N–H and O–H groups in total. The van der Waals surface area contributed by atoms with Crippen LogP contribution in [0.5, 0.6) is 0 Å². The minimum Gasteiger partial charge on any atom is -0.395 e. The molecule has 0 saturated carbocycles. The smallest absolute Gasteiger partial charge is 0.336 e. The molecule has 0 heterocycles. The first-order valence-corrected chi connectivity index (χ1v) is 8.71. The maximum absolute atomic E-state index is 6.04. The molecule has 0 rings (SSSR count). The van der Waals surface area contributed by atoms with Crippen LogP contribution >= 0.6 is 0 Å². The zero-order valence-electron chi connectivity index (χ0n) is 11.4. The van der Waals surface area contributed by atoms with Gasteiger partial charge in [0.15, 0.2) is 0 Å². The number of hydrogen-bond donors (Lipinski definition) is 2. The second kappa shape index (κ2) is 8.19. The van der Waals surface area contributed by atoms with Crippen LogP contribution in [0.25, 0.3) is 0 Å². The van der Waals surface area contributed by atoms with Gasteiger partial charge in [-0.15, -0.1) is 0 Å². The lowest BCUT2D eigenvalue weighted by Gasteiger charge is -2.31. The van der Waals surface area contributed by atoms with E-state index >= 15 is 0 Å². The van der Waals surface area contributed by atoms with Gasteiger partial charge in [-0.3, -0.25) is 5.32 Å². The highest BCUT2D eigenvalue weighted by atomic mass is 28.4. The summed E-state index contributed by atoms with van der Waals surface area (Å²) in [4.78, 5) is 0. The van der Waals surface area contributed by atoms with Crippen molar-refractivity contribution in [1.82, 2.24) is 5.32 Å². The standard InChI is InChI=1S/C11H28N2O2Si/c1-6-14-16(5,9-10(2)3)15-11(4)13-8-7-12/h10-11,13H,6-9,12H2,1-5H3. The van der Waals surface area contributed by atoms with Crippen molar-refractivity contribution in [3.05, 3.63) is 0 Å². The van der Waals surface area contributed by atoms with Crippen LogP contribution < -0.4 is 11.1 Å². The summed E-state index contributed by atoms with van der Waals surface area (Å²) in [7, 11) is -2.03. The third kappa shape index (κ3) is 7.35. The van der Waals surface area contributed by atoms with Crippen molar-refractivity contribution in [3.63, 3.8) is 0 Å². The summed E-state index contributed by atoms with van der Waals surface area (Å²) in [6.07, 6.45) is 0.0190. The van der Waals surface area contributed by atoms with E-state index < -0.39 is 8.56 Å². The van der Waals surface area contributed by atoms with E-state index in [0.29, 0.717) is 12.5 Å². The van der Waals surface area contributed by atoms with E-state index in [2.05, 4.69) is 25.7 Å². The predicted octanol–water partition coefficient (Wildman–Crippen LogP) is 1.66. The lowest BCUT2D eigenvalue weighted by Crippen LogP contribution is -2.47. The van der Waals surface area contributed by atoms with Crippen LogP contribution in [0.15, 0.2) is 0 Å². The van der Waals surface area contributed by atoms with Crippen LogP contribution in [0.2, 0.25) is 12.6 Å². The molecule has 0 aromatic rings. The fourth-order valence-electron chi connectivity index (χ4n) is 1.89. The number of nitrogens with one attached hydrogen (secondary N) is 1. The zero-order valence-corrected chi connectivity index (χ0v) is 12.4. The van der Waals surface area contributed by atoms with Crippen molar-refractivity contribution in [1.29, 1.82) is 0 Å². The van der Waals surface area contributed by atoms with Crippen molar-refractivity contribution in [3.8, 4) is 0 Å². The van der Waals surface area contributed by atoms with Crippen LogP contribution in [-0.2, 0) is 8.85 Å². The predicted molar refractivity (Wildman–Crippen MR) is 70.5 cm³/mol. The van der Waals surface area contributed by atoms with E-state index in [1.54, 1.807) is 0 Å². The molecule has 0 aromatic carbocycles. The van der Waals surface area contributed by atoms with Gasteiger partial charge in [0.25, 0.3) is 0 Å². The van der Waals surface area contributed by atoms with Gasteiger partial charge in [-0.2, -0.15) is 0 Å². The summed E-state index contributed by atoms with van der Waals surface area (Å²) in [5, 5.41) is 3.23. The first-order valence-electron chi connectivity index (χ1n) is 6.18. The molecule has 0 aliphatic heterocycles. The minimum atomic E-state index is -2.03. The molecule has 0 aliphatic carbocycles. The summed E-state index contributed by atoms with van der Waals surface area (Å²) in [5.41, 5.74) is 5.44. The van der Waals surface area contributed by atoms with Gasteiger partial charge in [-0.1, -0.05) is 13.8 Å². The Labute approximate surface area is 101 Å². The summed E-state index contributed by atoms with van der Waals surface area (Å²) in [5.74, 6) is 0.602. The third-order valence-electron chi connectivity index (χ3n) is 2.23. The largest absolute Gasteiger partial charge is 0.395 e. The number of hydrogen-bond acceptors (Lipinski definition) is 4. The highest BCUT2D eigenvalue weighted by molar-refractivity contribution is 6.66. The first kappa shape index (κ1) is 16.1. The molecule has 5 heteroatoms. The Morgan fingerprint density at radius 2 is 1.94 bits per heavy atom. The molecular formula is C11H28N2O2Si. The topological polar surface area (TPSA) is 56.5 Å². The van der Waals surface area contributed by atoms with E-state index in [-0.39, 0.29) is 6.23 Å². The molecule has 0 radical (unpaired) electrons. The SMILES string of the molecule is CCO[Si](C)(CC(C)C)OC(C)NCCN. The molecule has 0 fully saturated rings. The monoisotopic (exact) mass is 248 g/mol. The fourth-order valence-corrected chi connectivity index (χ4v) is 5.10. The maximum atomic E-state index is 6.04. The van der Waals surface area contributed by atoms with Gasteiger partial charge in [-0.25, -0.2) is 0 Å². The second-order valence-electron chi connectivity index (χ2n) is 4.67. The lowest BCUT2D eigenvalue weighted by atomic mass is 10.3. The van der Waals surface area contributed by atoms with Gasteiger partial charge in [0, 0.05) is 19.7 Å². The van der Waals surface area contributed by atoms with Crippen LogP contribution in [-0.4, -0.2) is 34.5 Å². The van der Waals surface area contributed by atoms with Gasteiger partial charge in [0.05, 0.1) is 6.23 Å². The van der Waals surface area contributed by atoms with Gasteiger partial charge in [0.1, 0.15) is 0 Å². The van der Waals surface area contributed by atoms with Gasteiger partial charge >= 0.3 is 8.56 Å². The Morgan fingerprint density at radius 3 is 2.38 bits per heavy atom. The van der Waals surface area contributed by atoms with Gasteiger partial charge in [-0.05, 0) is 32.4 Å². The molecule has 98 valence electrons. The highest BCUT2D eigenvalue weighted by Gasteiger charge is 2.33. The molecule has 0 spiro atoms. The van der Waals surface area contributed by atoms with Crippen molar-refractivity contribution < 1.29 is 8.85 Å². The molecule has 4 nitrogen and oxygen atoms in total. The molecule has 0 bridgehead atoms. The van der Waals surface area contributed by atoms with Crippen molar-refractivity contribution in [2.75, 3.05) is 19.7 Å². The normalized spacial score (nSPS) is 17.4. The van der Waals surface area contributed by atoms with Crippen molar-refractivity contribution >= 4 is 8.56 Å². The Balaban J connectivity index is 4.18. The van der Waals surface area contributed by atoms with E-state index in [1.807, 2.05) is 13.8 Å². The Bertz CT molecular complexity index is 181. The van der Waals surface area contributed by atoms with E-state index in [9.17, 15) is 0 Å². The fraction of sp³-hybridized carbons (Fsp3) is 1.00. The second-order valence-corrected chi connectivity index (χ2v) is 7.87. The van der Waals surface area contributed by atoms with Crippen molar-refractivity contribution in [2.45, 2.75) is 46.5 Å². The molecule has 2 atom stereocenters. The van der Waals surface area contributed by atoms with Crippen molar-refractivity contribution in [2.24, 2.45) is 11.7 Å². The maximum Gasteiger partial charge on any atom is 0.336 e. The number of rotatable bonds is 9. The number of nitrogens with two attached hydrogens (primary N) is 1. The van der Waals surface area contributed by atoms with Gasteiger partial charge in [0.2, 0.25) is 0 Å². The van der Waals surface area contributed by atoms with Crippen LogP contribution in [0.3, 0.4) is 0 Å². The molecule has 0 amide bonds. The molecule has 0 aliphatic rings. The Morgan fingerprint density at radius 1 is 1.31 bits per heavy atom. The Hall–Kier alpha value is 0.0569. The molecule has 16 heavy (non-hydrogen) atoms. The van der Waals surface area contributed by atoms with E-state index in [0.717, 1.165) is 19.2 Å². The first-order chi connectivity index (χ1) is 7.43. The summed E-state index contributed by atoms with van der Waals surface area (Å²) in [6, 6.07) is 1.02. The molecule has 0 saturated heterocycles. The average molecular weight is 248 g/mol. The molecule has 2 unspecified atom stereocenters. The summed E-state index contributed by atoms with van der Waals surface area (Å²) >= 11 is 0. The summed E-state index contributed by atoms with van der Waals surface area (Å²) in [6.45, 7) is 12.7. The van der Waals surface area contributed by atoms with Crippen LogP contribution in [0.1, 0.15) is 27.7 Å². The van der Waals surface area contributed by atoms with Crippen LogP contribution in [0, 0.1) is 5.92 Å². The quantitative estimate of drug-likeness (QED) is 0.481. The lowest BCUT2D eigenvalue weighted by molar-refractivity contribution is 0.107. The average Bonchev–Trinajstić information content (AvgIpc) is 2.13. The third-order valence-corrected chi connectivity index (χ3v) is 5.54. The minimum absolute atomic E-state index is 0.0190.